The normalized spacial score (nSPS) is 11.0. The highest BCUT2D eigenvalue weighted by atomic mass is 79.9. The highest BCUT2D eigenvalue weighted by Gasteiger charge is 2.10. The van der Waals surface area contributed by atoms with Crippen LogP contribution < -0.4 is 24.8 Å². The fourth-order valence-electron chi connectivity index (χ4n) is 2.46. The van der Waals surface area contributed by atoms with Gasteiger partial charge in [-0.2, -0.15) is 0 Å². The van der Waals surface area contributed by atoms with Gasteiger partial charge in [-0.3, -0.25) is 4.99 Å². The highest BCUT2D eigenvalue weighted by Crippen LogP contribution is 2.33. The Morgan fingerprint density at radius 1 is 0.885 bits per heavy atom. The number of hydrogen-bond donors (Lipinski definition) is 2. The molecular formula is C19H24BrN3O3. The molecule has 2 N–H and O–H groups in total. The standard InChI is InChI=1S/C19H24BrN3O3/c1-21-19(22-11-13-7-5-6-8-16(13)24-2)23-12-14-9-17(25-3)18(26-4)10-15(14)20/h5-10H,11-12H2,1-4H3,(H2,21,22,23). The van der Waals surface area contributed by atoms with E-state index in [1.807, 2.05) is 36.4 Å². The van der Waals surface area contributed by atoms with Crippen LogP contribution in [0.2, 0.25) is 0 Å². The van der Waals surface area contributed by atoms with Gasteiger partial charge < -0.3 is 24.8 Å². The third-order valence-electron chi connectivity index (χ3n) is 3.86. The molecule has 0 saturated carbocycles. The van der Waals surface area contributed by atoms with Crippen LogP contribution in [0.1, 0.15) is 11.1 Å². The number of nitrogens with zero attached hydrogens (tertiary/aromatic N) is 1. The smallest absolute Gasteiger partial charge is 0.191 e. The van der Waals surface area contributed by atoms with Crippen LogP contribution in [0.25, 0.3) is 0 Å². The second-order valence-corrected chi connectivity index (χ2v) is 6.24. The first kappa shape index (κ1) is 19.9. The SMILES string of the molecule is CN=C(NCc1cc(OC)c(OC)cc1Br)NCc1ccccc1OC. The van der Waals surface area contributed by atoms with Crippen molar-refractivity contribution >= 4 is 21.9 Å². The number of aliphatic imine (C=N–C) groups is 1. The minimum absolute atomic E-state index is 0.576. The van der Waals surface area contributed by atoms with Crippen molar-refractivity contribution in [2.75, 3.05) is 28.4 Å². The molecule has 2 aromatic rings. The molecule has 0 bridgehead atoms. The molecule has 0 amide bonds. The lowest BCUT2D eigenvalue weighted by molar-refractivity contribution is 0.354. The Hall–Kier alpha value is -2.41. The monoisotopic (exact) mass is 421 g/mol. The average Bonchev–Trinajstić information content (AvgIpc) is 2.68. The number of hydrogen-bond acceptors (Lipinski definition) is 4. The molecule has 0 atom stereocenters. The van der Waals surface area contributed by atoms with Crippen LogP contribution in [-0.2, 0) is 13.1 Å². The maximum Gasteiger partial charge on any atom is 0.191 e. The molecule has 140 valence electrons. The predicted octanol–water partition coefficient (Wildman–Crippen LogP) is 3.34. The number of benzene rings is 2. The fourth-order valence-corrected chi connectivity index (χ4v) is 2.92. The number of halogens is 1. The number of guanidine groups is 1. The molecule has 0 spiro atoms. The lowest BCUT2D eigenvalue weighted by Crippen LogP contribution is -2.36. The van der Waals surface area contributed by atoms with Gasteiger partial charge in [0.1, 0.15) is 5.75 Å². The van der Waals surface area contributed by atoms with Gasteiger partial charge in [0.05, 0.1) is 21.3 Å². The van der Waals surface area contributed by atoms with Gasteiger partial charge in [0, 0.05) is 30.2 Å². The summed E-state index contributed by atoms with van der Waals surface area (Å²) in [6.07, 6.45) is 0. The summed E-state index contributed by atoms with van der Waals surface area (Å²) in [6.45, 7) is 1.18. The Morgan fingerprint density at radius 3 is 2.08 bits per heavy atom. The molecule has 0 aliphatic rings. The summed E-state index contributed by atoms with van der Waals surface area (Å²) in [6, 6.07) is 11.7. The maximum atomic E-state index is 5.37. The zero-order valence-electron chi connectivity index (χ0n) is 15.4. The third-order valence-corrected chi connectivity index (χ3v) is 4.60. The van der Waals surface area contributed by atoms with E-state index in [0.717, 1.165) is 21.3 Å². The van der Waals surface area contributed by atoms with Gasteiger partial charge in [-0.1, -0.05) is 34.1 Å². The van der Waals surface area contributed by atoms with E-state index in [-0.39, 0.29) is 0 Å². The summed E-state index contributed by atoms with van der Waals surface area (Å²) in [5, 5.41) is 6.58. The van der Waals surface area contributed by atoms with Crippen LogP contribution >= 0.6 is 15.9 Å². The second kappa shape index (κ2) is 9.91. The molecule has 7 heteroatoms. The lowest BCUT2D eigenvalue weighted by Gasteiger charge is -2.15. The zero-order chi connectivity index (χ0) is 18.9. The topological polar surface area (TPSA) is 64.1 Å². The average molecular weight is 422 g/mol. The van der Waals surface area contributed by atoms with Gasteiger partial charge in [-0.15, -0.1) is 0 Å². The predicted molar refractivity (Wildman–Crippen MR) is 107 cm³/mol. The van der Waals surface area contributed by atoms with Crippen molar-refractivity contribution in [2.24, 2.45) is 4.99 Å². The molecule has 2 rings (SSSR count). The molecule has 26 heavy (non-hydrogen) atoms. The van der Waals surface area contributed by atoms with E-state index in [0.29, 0.717) is 30.5 Å². The lowest BCUT2D eigenvalue weighted by atomic mass is 10.2. The van der Waals surface area contributed by atoms with E-state index in [9.17, 15) is 0 Å². The Morgan fingerprint density at radius 2 is 1.46 bits per heavy atom. The summed E-state index contributed by atoms with van der Waals surface area (Å²) in [5.41, 5.74) is 2.09. The minimum Gasteiger partial charge on any atom is -0.496 e. The molecule has 0 saturated heterocycles. The van der Waals surface area contributed by atoms with Crippen LogP contribution in [0.5, 0.6) is 17.2 Å². The molecule has 0 radical (unpaired) electrons. The molecule has 0 unspecified atom stereocenters. The first-order valence-corrected chi connectivity index (χ1v) is 8.89. The number of methoxy groups -OCH3 is 3. The number of ether oxygens (including phenoxy) is 3. The fraction of sp³-hybridized carbons (Fsp3) is 0.316. The number of rotatable bonds is 7. The van der Waals surface area contributed by atoms with Crippen molar-refractivity contribution in [3.63, 3.8) is 0 Å². The molecule has 6 nitrogen and oxygen atoms in total. The summed E-state index contributed by atoms with van der Waals surface area (Å²) in [4.78, 5) is 4.26. The Bertz CT molecular complexity index is 766. The van der Waals surface area contributed by atoms with Crippen LogP contribution in [0, 0.1) is 0 Å². The maximum absolute atomic E-state index is 5.37. The van der Waals surface area contributed by atoms with Crippen molar-refractivity contribution in [1.82, 2.24) is 10.6 Å². The van der Waals surface area contributed by atoms with Gasteiger partial charge in [0.15, 0.2) is 17.5 Å². The minimum atomic E-state index is 0.576. The van der Waals surface area contributed by atoms with Crippen molar-refractivity contribution in [1.29, 1.82) is 0 Å². The summed E-state index contributed by atoms with van der Waals surface area (Å²) < 4.78 is 17.0. The third kappa shape index (κ3) is 5.05. The van der Waals surface area contributed by atoms with E-state index in [1.165, 1.54) is 0 Å². The first-order chi connectivity index (χ1) is 12.6. The summed E-state index contributed by atoms with van der Waals surface area (Å²) >= 11 is 3.57. The second-order valence-electron chi connectivity index (χ2n) is 5.39. The number of para-hydroxylation sites is 1. The van der Waals surface area contributed by atoms with Crippen molar-refractivity contribution in [3.05, 3.63) is 52.0 Å². The van der Waals surface area contributed by atoms with E-state index >= 15 is 0 Å². The molecule has 0 aliphatic carbocycles. The highest BCUT2D eigenvalue weighted by molar-refractivity contribution is 9.10. The van der Waals surface area contributed by atoms with Crippen molar-refractivity contribution in [3.8, 4) is 17.2 Å². The van der Waals surface area contributed by atoms with Crippen LogP contribution in [0.15, 0.2) is 45.9 Å². The summed E-state index contributed by atoms with van der Waals surface area (Å²) in [5.74, 6) is 2.90. The number of nitrogens with one attached hydrogen (secondary N) is 2. The molecule has 0 fully saturated rings. The Kier molecular flexibility index (Phi) is 7.59. The molecule has 2 aromatic carbocycles. The van der Waals surface area contributed by atoms with Crippen LogP contribution in [-0.4, -0.2) is 34.3 Å². The van der Waals surface area contributed by atoms with E-state index in [4.69, 9.17) is 14.2 Å². The van der Waals surface area contributed by atoms with Crippen molar-refractivity contribution < 1.29 is 14.2 Å². The van der Waals surface area contributed by atoms with Gasteiger partial charge in [0.25, 0.3) is 0 Å². The molecule has 0 aliphatic heterocycles. The molecule has 0 aromatic heterocycles. The molecular weight excluding hydrogens is 398 g/mol. The Labute approximate surface area is 162 Å². The van der Waals surface area contributed by atoms with E-state index in [1.54, 1.807) is 28.4 Å². The van der Waals surface area contributed by atoms with Crippen LogP contribution in [0.4, 0.5) is 0 Å². The van der Waals surface area contributed by atoms with Gasteiger partial charge in [-0.05, 0) is 23.8 Å². The van der Waals surface area contributed by atoms with Crippen LogP contribution in [0.3, 0.4) is 0 Å². The van der Waals surface area contributed by atoms with Crippen molar-refractivity contribution in [2.45, 2.75) is 13.1 Å². The van der Waals surface area contributed by atoms with Gasteiger partial charge in [0.2, 0.25) is 0 Å². The molecule has 0 heterocycles. The first-order valence-electron chi connectivity index (χ1n) is 8.09. The van der Waals surface area contributed by atoms with Gasteiger partial charge in [-0.25, -0.2) is 0 Å². The Balaban J connectivity index is 2.01. The quantitative estimate of drug-likeness (QED) is 0.530. The van der Waals surface area contributed by atoms with Gasteiger partial charge >= 0.3 is 0 Å². The zero-order valence-corrected chi connectivity index (χ0v) is 17.0. The summed E-state index contributed by atoms with van der Waals surface area (Å²) in [7, 11) is 6.64. The van der Waals surface area contributed by atoms with E-state index in [2.05, 4.69) is 31.6 Å². The van der Waals surface area contributed by atoms with E-state index < -0.39 is 0 Å². The largest absolute Gasteiger partial charge is 0.496 e.